The molecule has 0 saturated carbocycles. The van der Waals surface area contributed by atoms with Gasteiger partial charge < -0.3 is 20.6 Å². The van der Waals surface area contributed by atoms with Crippen molar-refractivity contribution in [1.82, 2.24) is 25.1 Å². The Labute approximate surface area is 188 Å². The lowest BCUT2D eigenvalue weighted by atomic mass is 9.94. The van der Waals surface area contributed by atoms with Crippen molar-refractivity contribution in [2.45, 2.75) is 45.3 Å². The number of hydrogen-bond acceptors (Lipinski definition) is 8. The molecule has 3 aromatic heterocycles. The van der Waals surface area contributed by atoms with Crippen molar-refractivity contribution in [2.75, 3.05) is 28.6 Å². The number of aryl methyl sites for hydroxylation is 1. The van der Waals surface area contributed by atoms with E-state index in [-0.39, 0.29) is 23.3 Å². The van der Waals surface area contributed by atoms with Crippen molar-refractivity contribution in [3.63, 3.8) is 0 Å². The van der Waals surface area contributed by atoms with Crippen molar-refractivity contribution in [3.8, 4) is 0 Å². The highest BCUT2D eigenvalue weighted by Gasteiger charge is 2.31. The summed E-state index contributed by atoms with van der Waals surface area (Å²) in [6.07, 6.45) is 1.79. The van der Waals surface area contributed by atoms with E-state index < -0.39 is 29.1 Å². The zero-order valence-electron chi connectivity index (χ0n) is 18.5. The maximum atomic E-state index is 15.5. The molecule has 0 bridgehead atoms. The second kappa shape index (κ2) is 8.85. The Kier molecular flexibility index (Phi) is 6.11. The van der Waals surface area contributed by atoms with Gasteiger partial charge in [0, 0.05) is 30.9 Å². The van der Waals surface area contributed by atoms with Crippen molar-refractivity contribution in [2.24, 2.45) is 0 Å². The van der Waals surface area contributed by atoms with E-state index in [0.29, 0.717) is 31.7 Å². The van der Waals surface area contributed by atoms with E-state index in [9.17, 15) is 13.9 Å². The number of aromatic nitrogens is 5. The van der Waals surface area contributed by atoms with Crippen LogP contribution in [0.15, 0.2) is 18.3 Å². The molecule has 3 aromatic rings. The molecule has 1 aliphatic rings. The van der Waals surface area contributed by atoms with Crippen LogP contribution in [0, 0.1) is 24.4 Å². The van der Waals surface area contributed by atoms with Crippen LogP contribution in [0.5, 0.6) is 0 Å². The lowest BCUT2D eigenvalue weighted by Gasteiger charge is -2.36. The average Bonchev–Trinajstić information content (AvgIpc) is 3.15. The molecule has 9 nitrogen and oxygen atoms in total. The Morgan fingerprint density at radius 1 is 1.18 bits per heavy atom. The van der Waals surface area contributed by atoms with Crippen LogP contribution in [-0.4, -0.2) is 48.9 Å². The van der Waals surface area contributed by atoms with Gasteiger partial charge in [0.05, 0.1) is 23.5 Å². The zero-order valence-corrected chi connectivity index (χ0v) is 18.5. The number of aliphatic hydroxyl groups is 1. The summed E-state index contributed by atoms with van der Waals surface area (Å²) < 4.78 is 42.9. The van der Waals surface area contributed by atoms with E-state index in [0.717, 1.165) is 18.0 Å². The standard InChI is InChI=1S/C21H25F3N8O/c1-11-8-15(31-30-11)27-20-28-18(26-12(2)17-14(23)9-13(22)10-25-17)16(24)19(29-20)32-6-4-21(3,33)5-7-32/h8-10,12,33H,4-7H2,1-3H3,(H3,26,27,28,29,30,31)/t12-/m0/s1. The Morgan fingerprint density at radius 2 is 1.91 bits per heavy atom. The zero-order chi connectivity index (χ0) is 23.8. The first-order valence-corrected chi connectivity index (χ1v) is 10.5. The van der Waals surface area contributed by atoms with Gasteiger partial charge in [0.25, 0.3) is 0 Å². The van der Waals surface area contributed by atoms with Gasteiger partial charge >= 0.3 is 0 Å². The third-order valence-corrected chi connectivity index (χ3v) is 5.52. The Morgan fingerprint density at radius 3 is 2.55 bits per heavy atom. The van der Waals surface area contributed by atoms with Crippen LogP contribution in [0.1, 0.15) is 44.1 Å². The van der Waals surface area contributed by atoms with Crippen LogP contribution in [0.4, 0.5) is 36.6 Å². The summed E-state index contributed by atoms with van der Waals surface area (Å²) in [5, 5.41) is 22.9. The SMILES string of the molecule is Cc1cc(Nc2nc(N[C@@H](C)c3ncc(F)cc3F)c(F)c(N3CCC(C)(O)CC3)n2)n[nH]1. The van der Waals surface area contributed by atoms with Crippen molar-refractivity contribution in [3.05, 3.63) is 47.2 Å². The summed E-state index contributed by atoms with van der Waals surface area (Å²) >= 11 is 0. The molecule has 0 unspecified atom stereocenters. The van der Waals surface area contributed by atoms with Crippen LogP contribution in [0.2, 0.25) is 0 Å². The van der Waals surface area contributed by atoms with Crippen LogP contribution in [0.3, 0.4) is 0 Å². The molecule has 12 heteroatoms. The number of hydrogen-bond donors (Lipinski definition) is 4. The first-order chi connectivity index (χ1) is 15.6. The number of nitrogens with zero attached hydrogens (tertiary/aromatic N) is 5. The topological polar surface area (TPSA) is 115 Å². The van der Waals surface area contributed by atoms with Gasteiger partial charge in [-0.15, -0.1) is 0 Å². The minimum absolute atomic E-state index is 0.0393. The first-order valence-electron chi connectivity index (χ1n) is 10.5. The smallest absolute Gasteiger partial charge is 0.232 e. The van der Waals surface area contributed by atoms with Crippen LogP contribution < -0.4 is 15.5 Å². The van der Waals surface area contributed by atoms with E-state index in [2.05, 4.69) is 35.8 Å². The second-order valence-electron chi connectivity index (χ2n) is 8.47. The van der Waals surface area contributed by atoms with Gasteiger partial charge in [-0.1, -0.05) is 0 Å². The minimum atomic E-state index is -0.853. The molecule has 0 amide bonds. The lowest BCUT2D eigenvalue weighted by molar-refractivity contribution is 0.0349. The van der Waals surface area contributed by atoms with E-state index >= 15 is 4.39 Å². The molecule has 4 heterocycles. The summed E-state index contributed by atoms with van der Waals surface area (Å²) in [6.45, 7) is 5.92. The monoisotopic (exact) mass is 462 g/mol. The number of halogens is 3. The van der Waals surface area contributed by atoms with E-state index in [1.807, 2.05) is 6.92 Å². The van der Waals surface area contributed by atoms with Crippen molar-refractivity contribution >= 4 is 23.4 Å². The van der Waals surface area contributed by atoms with Gasteiger partial charge in [0.2, 0.25) is 11.8 Å². The highest BCUT2D eigenvalue weighted by atomic mass is 19.1. The fraction of sp³-hybridized carbons (Fsp3) is 0.429. The maximum absolute atomic E-state index is 15.5. The molecular weight excluding hydrogens is 437 g/mol. The fourth-order valence-corrected chi connectivity index (χ4v) is 3.61. The first kappa shape index (κ1) is 22.8. The van der Waals surface area contributed by atoms with E-state index in [1.54, 1.807) is 24.8 Å². The molecule has 0 aliphatic carbocycles. The third-order valence-electron chi connectivity index (χ3n) is 5.52. The molecule has 176 valence electrons. The van der Waals surface area contributed by atoms with Gasteiger partial charge in [-0.25, -0.2) is 8.78 Å². The molecule has 33 heavy (non-hydrogen) atoms. The molecule has 4 rings (SSSR count). The van der Waals surface area contributed by atoms with Crippen LogP contribution in [0.25, 0.3) is 0 Å². The summed E-state index contributed by atoms with van der Waals surface area (Å²) in [7, 11) is 0. The number of nitrogens with one attached hydrogen (secondary N) is 3. The average molecular weight is 462 g/mol. The highest BCUT2D eigenvalue weighted by Crippen LogP contribution is 2.32. The number of H-pyrrole nitrogens is 1. The largest absolute Gasteiger partial charge is 0.390 e. The van der Waals surface area contributed by atoms with Crippen LogP contribution in [-0.2, 0) is 0 Å². The lowest BCUT2D eigenvalue weighted by Crippen LogP contribution is -2.43. The summed E-state index contributed by atoms with van der Waals surface area (Å²) in [4.78, 5) is 14.0. The second-order valence-corrected chi connectivity index (χ2v) is 8.47. The Bertz CT molecular complexity index is 1140. The summed E-state index contributed by atoms with van der Waals surface area (Å²) in [6, 6.07) is 1.64. The molecule has 1 atom stereocenters. The fourth-order valence-electron chi connectivity index (χ4n) is 3.61. The maximum Gasteiger partial charge on any atom is 0.232 e. The molecule has 0 aromatic carbocycles. The number of rotatable bonds is 6. The van der Waals surface area contributed by atoms with E-state index in [1.165, 1.54) is 0 Å². The number of aromatic amines is 1. The number of piperidine rings is 1. The molecule has 1 saturated heterocycles. The third kappa shape index (κ3) is 5.16. The highest BCUT2D eigenvalue weighted by molar-refractivity contribution is 5.59. The molecule has 4 N–H and O–H groups in total. The minimum Gasteiger partial charge on any atom is -0.390 e. The van der Waals surface area contributed by atoms with Crippen molar-refractivity contribution in [1.29, 1.82) is 0 Å². The molecule has 0 spiro atoms. The number of anilines is 4. The van der Waals surface area contributed by atoms with Crippen LogP contribution >= 0.6 is 0 Å². The van der Waals surface area contributed by atoms with Gasteiger partial charge in [-0.3, -0.25) is 10.1 Å². The van der Waals surface area contributed by atoms with E-state index in [4.69, 9.17) is 0 Å². The number of pyridine rings is 1. The predicted molar refractivity (Wildman–Crippen MR) is 117 cm³/mol. The van der Waals surface area contributed by atoms with Gasteiger partial charge in [0.15, 0.2) is 17.5 Å². The predicted octanol–water partition coefficient (Wildman–Crippen LogP) is 3.59. The van der Waals surface area contributed by atoms with Gasteiger partial charge in [-0.05, 0) is 33.6 Å². The van der Waals surface area contributed by atoms with Crippen molar-refractivity contribution < 1.29 is 18.3 Å². The normalized spacial score (nSPS) is 16.5. The molecular formula is C21H25F3N8O. The van der Waals surface area contributed by atoms with Gasteiger partial charge in [-0.2, -0.15) is 19.5 Å². The summed E-state index contributed by atoms with van der Waals surface area (Å²) in [5.41, 5.74) is -0.0972. The van der Waals surface area contributed by atoms with Gasteiger partial charge in [0.1, 0.15) is 11.6 Å². The summed E-state index contributed by atoms with van der Waals surface area (Å²) in [5.74, 6) is -2.00. The quantitative estimate of drug-likeness (QED) is 0.439. The molecule has 1 aliphatic heterocycles. The Hall–Kier alpha value is -3.41. The molecule has 0 radical (unpaired) electrons. The Balaban J connectivity index is 1.67. The molecule has 1 fully saturated rings.